The monoisotopic (exact) mass is 144 g/mol. The Balaban J connectivity index is 0. The fourth-order valence-corrected chi connectivity index (χ4v) is 0. The molecule has 0 aromatic heterocycles. The molecule has 9 heavy (non-hydrogen) atoms. The zero-order chi connectivity index (χ0) is 7.86. The van der Waals surface area contributed by atoms with Crippen LogP contribution in [0.1, 0.15) is 0 Å². The first-order valence-corrected chi connectivity index (χ1v) is 3.55. The molecule has 0 saturated carbocycles. The third-order valence-electron chi connectivity index (χ3n) is 0.302. The normalized spacial score (nSPS) is 6.89. The number of carboxylic acids is 1. The average molecular weight is 144 g/mol. The third kappa shape index (κ3) is 84.2. The van der Waals surface area contributed by atoms with Crippen molar-refractivity contribution >= 4 is 40.1 Å². The van der Waals surface area contributed by atoms with Crippen molar-refractivity contribution in [2.75, 3.05) is 0 Å². The van der Waals surface area contributed by atoms with Crippen LogP contribution in [-0.4, -0.2) is 55.4 Å². The molecular weight excluding hydrogens is 139 g/mol. The number of rotatable bonds is 1. The molecule has 0 fully saturated rings. The van der Waals surface area contributed by atoms with Crippen molar-refractivity contribution in [1.29, 1.82) is 0 Å². The molecule has 0 bridgehead atoms. The van der Waals surface area contributed by atoms with Crippen molar-refractivity contribution < 1.29 is 24.9 Å². The number of hydrogen-bond acceptors (Lipinski definition) is 2. The van der Waals surface area contributed by atoms with E-state index in [0.29, 0.717) is 3.67 Å². The molecule has 5 nitrogen and oxygen atoms in total. The Bertz CT molecular complexity index is 96.4. The Morgan fingerprint density at radius 3 is 1.33 bits per heavy atom. The molecule has 48 valence electrons. The van der Waals surface area contributed by atoms with E-state index in [1.807, 2.05) is 0 Å². The van der Waals surface area contributed by atoms with Crippen molar-refractivity contribution in [1.82, 2.24) is 0 Å². The predicted molar refractivity (Wildman–Crippen MR) is 28.9 cm³/mol. The summed E-state index contributed by atoms with van der Waals surface area (Å²) in [5.74, 6) is -0.684. The second kappa shape index (κ2) is 7.74. The van der Waals surface area contributed by atoms with Gasteiger partial charge in [-0.1, -0.05) is 0 Å². The van der Waals surface area contributed by atoms with Gasteiger partial charge in [0, 0.05) is 0 Å². The summed E-state index contributed by atoms with van der Waals surface area (Å²) < 4.78 is 0.361. The van der Waals surface area contributed by atoms with E-state index in [2.05, 4.69) is 0 Å². The van der Waals surface area contributed by atoms with Gasteiger partial charge in [-0.2, -0.15) is 0 Å². The molecule has 0 aromatic carbocycles. The van der Waals surface area contributed by atoms with E-state index in [0.717, 1.165) is 27.9 Å². The van der Waals surface area contributed by atoms with Gasteiger partial charge in [0.1, 0.15) is 0 Å². The summed E-state index contributed by atoms with van der Waals surface area (Å²) in [5.41, 5.74) is 0. The maximum absolute atomic E-state index is 9.40. The van der Waals surface area contributed by atoms with E-state index in [4.69, 9.17) is 20.1 Å². The van der Waals surface area contributed by atoms with Crippen LogP contribution in [0.5, 0.6) is 0 Å². The van der Waals surface area contributed by atoms with E-state index < -0.39 is 12.1 Å². The van der Waals surface area contributed by atoms with E-state index >= 15 is 0 Å². The molecule has 0 unspecified atom stereocenters. The molecule has 0 aliphatic carbocycles. The predicted octanol–water partition coefficient (Wildman–Crippen LogP) is -0.120. The Kier molecular flexibility index (Phi) is 9.91. The molecule has 0 radical (unpaired) electrons. The number of aliphatic carboxylic acids is 1. The first-order chi connectivity index (χ1) is 4.00. The summed E-state index contributed by atoms with van der Waals surface area (Å²) in [4.78, 5) is 18.0. The summed E-state index contributed by atoms with van der Waals surface area (Å²) in [6.07, 6.45) is -1.83. The molecule has 0 aliphatic heterocycles. The average Bonchev–Trinajstić information content (AvgIpc) is 1.65. The molecule has 0 spiro atoms. The molecule has 0 aromatic rings. The Morgan fingerprint density at radius 1 is 1.22 bits per heavy atom. The number of carboxylic acid groups (broad SMARTS) is 3. The van der Waals surface area contributed by atoms with Crippen LogP contribution in [0.4, 0.5) is 4.79 Å². The summed E-state index contributed by atoms with van der Waals surface area (Å²) in [5, 5.41) is 21.7. The SMILES string of the molecule is O=C(O)O.O=C(O)[CH2][Na]. The molecule has 0 atom stereocenters. The first kappa shape index (κ1) is 11.5. The Morgan fingerprint density at radius 2 is 1.33 bits per heavy atom. The first-order valence-electron chi connectivity index (χ1n) is 2.14. The molecule has 0 amide bonds. The van der Waals surface area contributed by atoms with Gasteiger partial charge in [0.05, 0.1) is 0 Å². The van der Waals surface area contributed by atoms with Gasteiger partial charge in [-0.25, -0.2) is 4.79 Å². The van der Waals surface area contributed by atoms with Gasteiger partial charge >= 0.3 is 53.6 Å². The summed E-state index contributed by atoms with van der Waals surface area (Å²) in [6, 6.07) is 0. The van der Waals surface area contributed by atoms with Crippen molar-refractivity contribution in [2.24, 2.45) is 0 Å². The third-order valence-corrected chi connectivity index (χ3v) is 0.907. The zero-order valence-corrected chi connectivity index (χ0v) is 6.87. The Labute approximate surface area is 68.7 Å². The van der Waals surface area contributed by atoms with Gasteiger partial charge in [0.2, 0.25) is 0 Å². The van der Waals surface area contributed by atoms with E-state index in [-0.39, 0.29) is 0 Å². The standard InChI is InChI=1S/C2H3O2.CH2O3.Na/c1-2(3)4;2-1(3)4;/h1H2,(H,3,4);(H2,2,3,4);. The van der Waals surface area contributed by atoms with Crippen LogP contribution in [-0.2, 0) is 4.79 Å². The van der Waals surface area contributed by atoms with Gasteiger partial charge in [-0.3, -0.25) is 0 Å². The maximum atomic E-state index is 9.40. The summed E-state index contributed by atoms with van der Waals surface area (Å²) >= 11 is 0.774. The molecule has 6 heteroatoms. The van der Waals surface area contributed by atoms with Crippen LogP contribution in [0.3, 0.4) is 0 Å². The molecule has 0 rings (SSSR count). The van der Waals surface area contributed by atoms with Crippen molar-refractivity contribution in [3.8, 4) is 0 Å². The van der Waals surface area contributed by atoms with Crippen LogP contribution in [0.15, 0.2) is 0 Å². The van der Waals surface area contributed by atoms with E-state index in [9.17, 15) is 4.79 Å². The van der Waals surface area contributed by atoms with Gasteiger partial charge in [-0.05, 0) is 0 Å². The second-order valence-electron chi connectivity index (χ2n) is 1.03. The van der Waals surface area contributed by atoms with Crippen LogP contribution >= 0.6 is 0 Å². The van der Waals surface area contributed by atoms with Crippen LogP contribution < -0.4 is 0 Å². The van der Waals surface area contributed by atoms with Crippen molar-refractivity contribution in [3.63, 3.8) is 0 Å². The van der Waals surface area contributed by atoms with Crippen LogP contribution in [0, 0.1) is 0 Å². The second-order valence-corrected chi connectivity index (χ2v) is 1.74. The van der Waals surface area contributed by atoms with Gasteiger partial charge in [0.25, 0.3) is 0 Å². The van der Waals surface area contributed by atoms with Crippen molar-refractivity contribution in [3.05, 3.63) is 0 Å². The minimum absolute atomic E-state index is 0.361. The number of hydrogen-bond donors (Lipinski definition) is 3. The number of carbonyl (C=O) groups is 2. The van der Waals surface area contributed by atoms with Crippen LogP contribution in [0.25, 0.3) is 0 Å². The van der Waals surface area contributed by atoms with Crippen LogP contribution in [0.2, 0.25) is 3.67 Å². The van der Waals surface area contributed by atoms with Gasteiger partial charge in [-0.15, -0.1) is 0 Å². The molecular formula is C3H5NaO5. The molecule has 0 aliphatic rings. The van der Waals surface area contributed by atoms with E-state index in [1.165, 1.54) is 0 Å². The molecule has 3 N–H and O–H groups in total. The van der Waals surface area contributed by atoms with Gasteiger partial charge in [0.15, 0.2) is 0 Å². The summed E-state index contributed by atoms with van der Waals surface area (Å²) in [7, 11) is 0. The minimum atomic E-state index is -1.83. The molecule has 0 heterocycles. The fourth-order valence-electron chi connectivity index (χ4n) is 0. The quantitative estimate of drug-likeness (QED) is 0.446. The summed E-state index contributed by atoms with van der Waals surface area (Å²) in [6.45, 7) is 0. The van der Waals surface area contributed by atoms with Crippen molar-refractivity contribution in [2.45, 2.75) is 3.67 Å². The zero-order valence-electron chi connectivity index (χ0n) is 4.87. The molecule has 0 saturated heterocycles. The van der Waals surface area contributed by atoms with E-state index in [1.54, 1.807) is 0 Å². The Hall–Kier alpha value is -0.260. The fraction of sp³-hybridized carbons (Fsp3) is 0.333. The topological polar surface area (TPSA) is 94.8 Å². The van der Waals surface area contributed by atoms with Gasteiger partial charge < -0.3 is 10.2 Å².